The molecule has 0 saturated carbocycles. The number of nitrogens with one attached hydrogen (secondary N) is 4. The highest BCUT2D eigenvalue weighted by atomic mass is 16.4. The van der Waals surface area contributed by atoms with Crippen LogP contribution in [0.4, 0.5) is 0 Å². The van der Waals surface area contributed by atoms with Crippen molar-refractivity contribution in [2.24, 2.45) is 11.5 Å². The summed E-state index contributed by atoms with van der Waals surface area (Å²) in [6.45, 7) is 0.0618. The molecule has 12 heteroatoms. The van der Waals surface area contributed by atoms with Crippen molar-refractivity contribution in [3.8, 4) is 5.75 Å². The van der Waals surface area contributed by atoms with E-state index in [9.17, 15) is 29.4 Å². The number of unbranched alkanes of at least 4 members (excludes halogenated alkanes) is 1. The van der Waals surface area contributed by atoms with Crippen molar-refractivity contribution in [2.75, 3.05) is 13.1 Å². The molecule has 3 unspecified atom stereocenters. The van der Waals surface area contributed by atoms with Crippen molar-refractivity contribution < 1.29 is 29.4 Å². The number of nitrogens with two attached hydrogens (primary N) is 2. The second kappa shape index (κ2) is 14.7. The Morgan fingerprint density at radius 1 is 0.825 bits per heavy atom. The average molecular weight is 553 g/mol. The molecule has 3 atom stereocenters. The Bertz CT molecular complexity index is 1310. The van der Waals surface area contributed by atoms with E-state index >= 15 is 0 Å². The fraction of sp³-hybridized carbons (Fsp3) is 0.357. The van der Waals surface area contributed by atoms with Crippen molar-refractivity contribution in [1.29, 1.82) is 0 Å². The van der Waals surface area contributed by atoms with Gasteiger partial charge in [0.1, 0.15) is 23.9 Å². The number of carbonyl (C=O) groups excluding carboxylic acids is 3. The molecule has 40 heavy (non-hydrogen) atoms. The number of H-pyrrole nitrogens is 1. The van der Waals surface area contributed by atoms with Gasteiger partial charge in [0, 0.05) is 29.9 Å². The van der Waals surface area contributed by atoms with E-state index < -0.39 is 41.8 Å². The number of phenols is 1. The average Bonchev–Trinajstić information content (AvgIpc) is 3.35. The molecule has 0 bridgehead atoms. The summed E-state index contributed by atoms with van der Waals surface area (Å²) in [5.41, 5.74) is 13.3. The van der Waals surface area contributed by atoms with E-state index in [-0.39, 0.29) is 31.6 Å². The molecular weight excluding hydrogens is 516 g/mol. The minimum Gasteiger partial charge on any atom is -0.508 e. The number of aromatic amines is 1. The van der Waals surface area contributed by atoms with Gasteiger partial charge < -0.3 is 42.6 Å². The van der Waals surface area contributed by atoms with Crippen LogP contribution in [-0.4, -0.2) is 70.1 Å². The third kappa shape index (κ3) is 8.55. The van der Waals surface area contributed by atoms with Crippen molar-refractivity contribution in [3.63, 3.8) is 0 Å². The number of phenolic OH excluding ortho intramolecular Hbond substituents is 1. The molecule has 10 N–H and O–H groups in total. The van der Waals surface area contributed by atoms with Crippen LogP contribution in [-0.2, 0) is 32.0 Å². The Balaban J connectivity index is 1.77. The molecule has 214 valence electrons. The molecule has 2 aromatic carbocycles. The predicted molar refractivity (Wildman–Crippen MR) is 149 cm³/mol. The number of aliphatic carboxylic acids is 1. The van der Waals surface area contributed by atoms with Crippen LogP contribution in [0.3, 0.4) is 0 Å². The zero-order valence-electron chi connectivity index (χ0n) is 22.1. The fourth-order valence-corrected chi connectivity index (χ4v) is 4.36. The van der Waals surface area contributed by atoms with Gasteiger partial charge in [0.05, 0.1) is 6.54 Å². The number of carbonyl (C=O) groups is 4. The summed E-state index contributed by atoms with van der Waals surface area (Å²) in [4.78, 5) is 53.9. The second-order valence-corrected chi connectivity index (χ2v) is 9.50. The third-order valence-corrected chi connectivity index (χ3v) is 6.51. The fourth-order valence-electron chi connectivity index (χ4n) is 4.36. The van der Waals surface area contributed by atoms with Crippen LogP contribution in [0.15, 0.2) is 54.7 Å². The lowest BCUT2D eigenvalue weighted by atomic mass is 10.0. The molecule has 0 saturated heterocycles. The van der Waals surface area contributed by atoms with Crippen LogP contribution in [0.5, 0.6) is 5.75 Å². The summed E-state index contributed by atoms with van der Waals surface area (Å²) in [6, 6.07) is 10.1. The number of carboxylic acids is 1. The molecule has 0 aliphatic carbocycles. The van der Waals surface area contributed by atoms with Crippen molar-refractivity contribution in [1.82, 2.24) is 20.9 Å². The van der Waals surface area contributed by atoms with Gasteiger partial charge in [-0.1, -0.05) is 30.3 Å². The van der Waals surface area contributed by atoms with E-state index in [0.29, 0.717) is 24.9 Å². The first-order valence-electron chi connectivity index (χ1n) is 13.1. The lowest BCUT2D eigenvalue weighted by Gasteiger charge is -2.24. The van der Waals surface area contributed by atoms with Gasteiger partial charge in [0.2, 0.25) is 17.7 Å². The predicted octanol–water partition coefficient (Wildman–Crippen LogP) is 0.285. The minimum absolute atomic E-state index is 0.0272. The van der Waals surface area contributed by atoms with Crippen molar-refractivity contribution >= 4 is 34.6 Å². The molecule has 3 rings (SSSR count). The molecule has 0 radical (unpaired) electrons. The topological polar surface area (TPSA) is 213 Å². The Morgan fingerprint density at radius 2 is 1.50 bits per heavy atom. The summed E-state index contributed by atoms with van der Waals surface area (Å²) in [5, 5.41) is 27.9. The van der Waals surface area contributed by atoms with Gasteiger partial charge in [-0.3, -0.25) is 14.4 Å². The lowest BCUT2D eigenvalue weighted by Crippen LogP contribution is -2.57. The maximum atomic E-state index is 13.4. The molecule has 1 heterocycles. The van der Waals surface area contributed by atoms with E-state index in [4.69, 9.17) is 11.5 Å². The van der Waals surface area contributed by atoms with E-state index in [1.165, 1.54) is 12.1 Å². The van der Waals surface area contributed by atoms with Crippen LogP contribution in [0.1, 0.15) is 30.4 Å². The molecular formula is C28H36N6O6. The Kier molecular flexibility index (Phi) is 11.0. The molecule has 0 spiro atoms. The lowest BCUT2D eigenvalue weighted by molar-refractivity contribution is -0.142. The largest absolute Gasteiger partial charge is 0.508 e. The highest BCUT2D eigenvalue weighted by Crippen LogP contribution is 2.19. The first-order chi connectivity index (χ1) is 19.2. The van der Waals surface area contributed by atoms with Gasteiger partial charge in [-0.25, -0.2) is 4.79 Å². The minimum atomic E-state index is -1.27. The Morgan fingerprint density at radius 3 is 2.17 bits per heavy atom. The summed E-state index contributed by atoms with van der Waals surface area (Å²) in [6.07, 6.45) is 3.18. The Hall–Kier alpha value is -4.42. The monoisotopic (exact) mass is 552 g/mol. The summed E-state index contributed by atoms with van der Waals surface area (Å²) < 4.78 is 0. The van der Waals surface area contributed by atoms with E-state index in [1.54, 1.807) is 18.3 Å². The van der Waals surface area contributed by atoms with Crippen molar-refractivity contribution in [3.05, 3.63) is 65.9 Å². The zero-order chi connectivity index (χ0) is 29.1. The first kappa shape index (κ1) is 30.1. The number of hydrogen-bond donors (Lipinski definition) is 8. The summed E-state index contributed by atoms with van der Waals surface area (Å²) >= 11 is 0. The van der Waals surface area contributed by atoms with Crippen LogP contribution < -0.4 is 27.4 Å². The van der Waals surface area contributed by atoms with E-state index in [2.05, 4.69) is 20.9 Å². The SMILES string of the molecule is NCCCCC(NC(=O)C(Cc1c[nH]c2ccccc12)NC(=O)CN)C(=O)NC(Cc1ccc(O)cc1)C(=O)O. The first-order valence-corrected chi connectivity index (χ1v) is 13.1. The van der Waals surface area contributed by atoms with Crippen LogP contribution >= 0.6 is 0 Å². The molecule has 0 aliphatic rings. The van der Waals surface area contributed by atoms with Gasteiger partial charge in [-0.15, -0.1) is 0 Å². The number of amides is 3. The maximum Gasteiger partial charge on any atom is 0.326 e. The molecule has 0 aliphatic heterocycles. The molecule has 12 nitrogen and oxygen atoms in total. The molecule has 1 aromatic heterocycles. The number of hydrogen-bond acceptors (Lipinski definition) is 7. The number of para-hydroxylation sites is 1. The highest BCUT2D eigenvalue weighted by Gasteiger charge is 2.30. The smallest absolute Gasteiger partial charge is 0.326 e. The number of benzene rings is 2. The third-order valence-electron chi connectivity index (χ3n) is 6.51. The van der Waals surface area contributed by atoms with E-state index in [0.717, 1.165) is 16.5 Å². The van der Waals surface area contributed by atoms with Crippen LogP contribution in [0.2, 0.25) is 0 Å². The van der Waals surface area contributed by atoms with Gasteiger partial charge >= 0.3 is 5.97 Å². The molecule has 3 amide bonds. The normalized spacial score (nSPS) is 13.2. The van der Waals surface area contributed by atoms with Crippen LogP contribution in [0, 0.1) is 0 Å². The van der Waals surface area contributed by atoms with Gasteiger partial charge in [0.15, 0.2) is 0 Å². The number of rotatable bonds is 15. The maximum absolute atomic E-state index is 13.4. The molecule has 0 fully saturated rings. The van der Waals surface area contributed by atoms with Crippen molar-refractivity contribution in [2.45, 2.75) is 50.2 Å². The summed E-state index contributed by atoms with van der Waals surface area (Å²) in [7, 11) is 0. The Labute approximate surface area is 231 Å². The van der Waals surface area contributed by atoms with Crippen LogP contribution in [0.25, 0.3) is 10.9 Å². The highest BCUT2D eigenvalue weighted by molar-refractivity contribution is 5.94. The zero-order valence-corrected chi connectivity index (χ0v) is 22.1. The number of fused-ring (bicyclic) bond motifs is 1. The summed E-state index contributed by atoms with van der Waals surface area (Å²) in [5.74, 6) is -3.03. The number of aromatic nitrogens is 1. The van der Waals surface area contributed by atoms with Gasteiger partial charge in [0.25, 0.3) is 0 Å². The number of carboxylic acid groups (broad SMARTS) is 1. The standard InChI is InChI=1S/C28H36N6O6/c29-12-4-3-7-22(26(37)34-24(28(39)40)13-17-8-10-19(35)11-9-17)33-27(38)23(32-25(36)15-30)14-18-16-31-21-6-2-1-5-20(18)21/h1-2,5-6,8-11,16,22-24,31,35H,3-4,7,12-15,29-30H2,(H,32,36)(H,33,38)(H,34,37)(H,39,40). The van der Waals surface area contributed by atoms with Gasteiger partial charge in [-0.2, -0.15) is 0 Å². The second-order valence-electron chi connectivity index (χ2n) is 9.50. The van der Waals surface area contributed by atoms with Gasteiger partial charge in [-0.05, 0) is 55.1 Å². The quantitative estimate of drug-likeness (QED) is 0.122. The van der Waals surface area contributed by atoms with E-state index in [1.807, 2.05) is 24.3 Å². The number of aromatic hydroxyl groups is 1. The molecule has 3 aromatic rings.